The molecule has 62 valence electrons. The summed E-state index contributed by atoms with van der Waals surface area (Å²) in [6.07, 6.45) is 2.28. The Kier molecular flexibility index (Phi) is 1.42. The van der Waals surface area contributed by atoms with E-state index in [0.29, 0.717) is 6.42 Å². The van der Waals surface area contributed by atoms with Crippen molar-refractivity contribution in [3.8, 4) is 0 Å². The molecule has 0 radical (unpaired) electrons. The van der Waals surface area contributed by atoms with Gasteiger partial charge in [-0.15, -0.1) is 0 Å². The standard InChI is InChI=1S/C8H12O3/c9-6-3-4-1-2-5(6)7(4)8(10)11/h4-7,9H,1-3H2,(H,10,11)/t4-,5-,6-,7+/m0/s1. The van der Waals surface area contributed by atoms with E-state index in [2.05, 4.69) is 0 Å². The van der Waals surface area contributed by atoms with Crippen LogP contribution in [0.15, 0.2) is 0 Å². The number of carboxylic acid groups (broad SMARTS) is 1. The van der Waals surface area contributed by atoms with E-state index in [4.69, 9.17) is 5.11 Å². The number of aliphatic carboxylic acids is 1. The molecule has 2 saturated carbocycles. The molecule has 11 heavy (non-hydrogen) atoms. The zero-order valence-electron chi connectivity index (χ0n) is 6.23. The highest BCUT2D eigenvalue weighted by molar-refractivity contribution is 5.71. The van der Waals surface area contributed by atoms with Crippen molar-refractivity contribution in [1.29, 1.82) is 0 Å². The van der Waals surface area contributed by atoms with Crippen LogP contribution in [0.2, 0.25) is 0 Å². The first-order valence-corrected chi connectivity index (χ1v) is 4.11. The number of fused-ring (bicyclic) bond motifs is 2. The van der Waals surface area contributed by atoms with E-state index >= 15 is 0 Å². The van der Waals surface area contributed by atoms with Gasteiger partial charge in [-0.3, -0.25) is 4.79 Å². The number of aliphatic hydroxyl groups is 1. The topological polar surface area (TPSA) is 57.5 Å². The van der Waals surface area contributed by atoms with Crippen LogP contribution in [-0.2, 0) is 4.79 Å². The number of hydrogen-bond acceptors (Lipinski definition) is 2. The normalized spacial score (nSPS) is 48.1. The highest BCUT2D eigenvalue weighted by Crippen LogP contribution is 2.49. The fourth-order valence-corrected chi connectivity index (χ4v) is 2.68. The van der Waals surface area contributed by atoms with Gasteiger partial charge in [0.05, 0.1) is 12.0 Å². The monoisotopic (exact) mass is 156 g/mol. The summed E-state index contributed by atoms with van der Waals surface area (Å²) in [6.45, 7) is 0. The van der Waals surface area contributed by atoms with Gasteiger partial charge in [0.1, 0.15) is 0 Å². The van der Waals surface area contributed by atoms with Crippen molar-refractivity contribution in [3.63, 3.8) is 0 Å². The highest BCUT2D eigenvalue weighted by Gasteiger charge is 2.50. The molecule has 2 aliphatic rings. The molecule has 2 aliphatic carbocycles. The van der Waals surface area contributed by atoms with E-state index in [0.717, 1.165) is 12.8 Å². The van der Waals surface area contributed by atoms with Crippen molar-refractivity contribution in [3.05, 3.63) is 0 Å². The number of aliphatic hydroxyl groups excluding tert-OH is 1. The second-order valence-corrected chi connectivity index (χ2v) is 3.67. The van der Waals surface area contributed by atoms with E-state index in [1.54, 1.807) is 0 Å². The molecule has 0 heterocycles. The van der Waals surface area contributed by atoms with Gasteiger partial charge in [-0.1, -0.05) is 0 Å². The van der Waals surface area contributed by atoms with Crippen molar-refractivity contribution in [2.75, 3.05) is 0 Å². The van der Waals surface area contributed by atoms with Crippen LogP contribution in [0.25, 0.3) is 0 Å². The molecule has 0 saturated heterocycles. The second kappa shape index (κ2) is 2.21. The zero-order chi connectivity index (χ0) is 8.01. The third-order valence-electron chi connectivity index (χ3n) is 3.16. The Morgan fingerprint density at radius 1 is 1.36 bits per heavy atom. The first-order chi connectivity index (χ1) is 5.20. The molecule has 2 rings (SSSR count). The lowest BCUT2D eigenvalue weighted by Crippen LogP contribution is -2.22. The Morgan fingerprint density at radius 2 is 2.09 bits per heavy atom. The molecule has 2 bridgehead atoms. The van der Waals surface area contributed by atoms with Gasteiger partial charge < -0.3 is 10.2 Å². The maximum atomic E-state index is 10.7. The van der Waals surface area contributed by atoms with Crippen LogP contribution in [0.5, 0.6) is 0 Å². The van der Waals surface area contributed by atoms with Crippen molar-refractivity contribution < 1.29 is 15.0 Å². The van der Waals surface area contributed by atoms with Crippen molar-refractivity contribution in [2.45, 2.75) is 25.4 Å². The Balaban J connectivity index is 2.19. The lowest BCUT2D eigenvalue weighted by atomic mass is 9.97. The van der Waals surface area contributed by atoms with Crippen LogP contribution in [0.1, 0.15) is 19.3 Å². The van der Waals surface area contributed by atoms with Gasteiger partial charge >= 0.3 is 5.97 Å². The average Bonchev–Trinajstić information content (AvgIpc) is 2.41. The first kappa shape index (κ1) is 7.10. The lowest BCUT2D eigenvalue weighted by Gasteiger charge is -2.14. The summed E-state index contributed by atoms with van der Waals surface area (Å²) >= 11 is 0. The Morgan fingerprint density at radius 3 is 2.36 bits per heavy atom. The van der Waals surface area contributed by atoms with Gasteiger partial charge in [-0.2, -0.15) is 0 Å². The molecular weight excluding hydrogens is 144 g/mol. The number of carboxylic acids is 1. The van der Waals surface area contributed by atoms with Crippen molar-refractivity contribution >= 4 is 5.97 Å². The minimum atomic E-state index is -0.714. The second-order valence-electron chi connectivity index (χ2n) is 3.67. The molecule has 4 atom stereocenters. The van der Waals surface area contributed by atoms with Gasteiger partial charge in [-0.05, 0) is 31.1 Å². The molecule has 2 fully saturated rings. The summed E-state index contributed by atoms with van der Waals surface area (Å²) < 4.78 is 0. The molecule has 2 N–H and O–H groups in total. The van der Waals surface area contributed by atoms with E-state index in [1.807, 2.05) is 0 Å². The molecule has 0 aliphatic heterocycles. The molecular formula is C8H12O3. The van der Waals surface area contributed by atoms with E-state index in [9.17, 15) is 9.90 Å². The molecule has 0 spiro atoms. The Hall–Kier alpha value is -0.570. The predicted molar refractivity (Wildman–Crippen MR) is 38.0 cm³/mol. The minimum absolute atomic E-state index is 0.0532. The van der Waals surface area contributed by atoms with Crippen molar-refractivity contribution in [1.82, 2.24) is 0 Å². The third-order valence-corrected chi connectivity index (χ3v) is 3.16. The van der Waals surface area contributed by atoms with Crippen LogP contribution >= 0.6 is 0 Å². The number of carbonyl (C=O) groups is 1. The summed E-state index contributed by atoms with van der Waals surface area (Å²) in [6, 6.07) is 0. The number of hydrogen-bond donors (Lipinski definition) is 2. The van der Waals surface area contributed by atoms with E-state index < -0.39 is 5.97 Å². The van der Waals surface area contributed by atoms with Crippen LogP contribution in [0.4, 0.5) is 0 Å². The SMILES string of the molecule is O=C(O)[C@@H]1[C@H]2CC[C@H]1[C@@H](O)C2. The maximum absolute atomic E-state index is 10.7. The lowest BCUT2D eigenvalue weighted by molar-refractivity contribution is -0.143. The zero-order valence-corrected chi connectivity index (χ0v) is 6.23. The van der Waals surface area contributed by atoms with Crippen molar-refractivity contribution in [2.24, 2.45) is 17.8 Å². The van der Waals surface area contributed by atoms with Gasteiger partial charge in [-0.25, -0.2) is 0 Å². The molecule has 0 amide bonds. The number of rotatable bonds is 1. The summed E-state index contributed by atoms with van der Waals surface area (Å²) in [7, 11) is 0. The van der Waals surface area contributed by atoms with Gasteiger partial charge in [0.15, 0.2) is 0 Å². The molecule has 3 heteroatoms. The third kappa shape index (κ3) is 0.872. The van der Waals surface area contributed by atoms with E-state index in [-0.39, 0.29) is 23.9 Å². The Labute approximate surface area is 65.0 Å². The molecule has 0 aromatic rings. The summed E-state index contributed by atoms with van der Waals surface area (Å²) in [5, 5.41) is 18.2. The van der Waals surface area contributed by atoms with E-state index in [1.165, 1.54) is 0 Å². The molecule has 3 nitrogen and oxygen atoms in total. The molecule has 0 aromatic carbocycles. The van der Waals surface area contributed by atoms with Crippen LogP contribution < -0.4 is 0 Å². The summed E-state index contributed by atoms with van der Waals surface area (Å²) in [5.74, 6) is -0.649. The Bertz CT molecular complexity index is 190. The smallest absolute Gasteiger partial charge is 0.307 e. The van der Waals surface area contributed by atoms with Crippen LogP contribution in [-0.4, -0.2) is 22.3 Å². The highest BCUT2D eigenvalue weighted by atomic mass is 16.4. The van der Waals surface area contributed by atoms with Gasteiger partial charge in [0, 0.05) is 0 Å². The average molecular weight is 156 g/mol. The molecule has 0 aromatic heterocycles. The largest absolute Gasteiger partial charge is 0.481 e. The van der Waals surface area contributed by atoms with Crippen LogP contribution in [0.3, 0.4) is 0 Å². The maximum Gasteiger partial charge on any atom is 0.307 e. The summed E-state index contributed by atoms with van der Waals surface area (Å²) in [5.41, 5.74) is 0. The molecule has 0 unspecified atom stereocenters. The van der Waals surface area contributed by atoms with Crippen LogP contribution in [0, 0.1) is 17.8 Å². The minimum Gasteiger partial charge on any atom is -0.481 e. The first-order valence-electron chi connectivity index (χ1n) is 4.11. The van der Waals surface area contributed by atoms with Gasteiger partial charge in [0.25, 0.3) is 0 Å². The summed E-state index contributed by atoms with van der Waals surface area (Å²) in [4.78, 5) is 10.7. The van der Waals surface area contributed by atoms with Gasteiger partial charge in [0.2, 0.25) is 0 Å². The predicted octanol–water partition coefficient (Wildman–Crippen LogP) is 0.478. The quantitative estimate of drug-likeness (QED) is 0.580. The fraction of sp³-hybridized carbons (Fsp3) is 0.875. The fourth-order valence-electron chi connectivity index (χ4n) is 2.68.